The van der Waals surface area contributed by atoms with Gasteiger partial charge in [-0.05, 0) is 24.7 Å². The van der Waals surface area contributed by atoms with E-state index in [2.05, 4.69) is 28.0 Å². The lowest BCUT2D eigenvalue weighted by molar-refractivity contribution is 0.0936. The highest BCUT2D eigenvalue weighted by Gasteiger charge is 2.19. The molecule has 1 fully saturated rings. The maximum absolute atomic E-state index is 14.3. The first-order chi connectivity index (χ1) is 11.0. The van der Waals surface area contributed by atoms with Gasteiger partial charge in [-0.2, -0.15) is 0 Å². The lowest BCUT2D eigenvalue weighted by Gasteiger charge is -2.35. The first-order valence-corrected chi connectivity index (χ1v) is 7.60. The highest BCUT2D eigenvalue weighted by atomic mass is 19.1. The first kappa shape index (κ1) is 17.0. The van der Waals surface area contributed by atoms with Crippen molar-refractivity contribution < 1.29 is 14.0 Å². The topological polar surface area (TPSA) is 76.7 Å². The Kier molecular flexibility index (Phi) is 5.75. The molecule has 0 spiro atoms. The van der Waals surface area contributed by atoms with Gasteiger partial charge in [0.2, 0.25) is 0 Å². The molecule has 1 heterocycles. The number of rotatable bonds is 3. The zero-order chi connectivity index (χ0) is 16.8. The molecule has 3 N–H and O–H groups in total. The molecule has 1 aromatic rings. The van der Waals surface area contributed by atoms with Crippen molar-refractivity contribution in [1.29, 1.82) is 0 Å². The molecule has 0 bridgehead atoms. The lowest BCUT2D eigenvalue weighted by Crippen LogP contribution is -2.46. The highest BCUT2D eigenvalue weighted by Crippen LogP contribution is 2.22. The van der Waals surface area contributed by atoms with E-state index in [1.807, 2.05) is 4.90 Å². The molecule has 126 valence electrons. The Balaban J connectivity index is 2.00. The summed E-state index contributed by atoms with van der Waals surface area (Å²) in [4.78, 5) is 27.1. The van der Waals surface area contributed by atoms with Gasteiger partial charge >= 0.3 is 6.03 Å². The summed E-state index contributed by atoms with van der Waals surface area (Å²) in [5.74, 6) is -1.02. The molecule has 0 radical (unpaired) electrons. The fourth-order valence-electron chi connectivity index (χ4n) is 2.46. The van der Waals surface area contributed by atoms with E-state index in [0.29, 0.717) is 5.69 Å². The van der Waals surface area contributed by atoms with Crippen LogP contribution in [0.2, 0.25) is 0 Å². The van der Waals surface area contributed by atoms with Gasteiger partial charge < -0.3 is 15.1 Å². The summed E-state index contributed by atoms with van der Waals surface area (Å²) in [6.45, 7) is 6.41. The fraction of sp³-hybridized carbons (Fsp3) is 0.467. The number of anilines is 1. The van der Waals surface area contributed by atoms with E-state index in [4.69, 9.17) is 0 Å². The van der Waals surface area contributed by atoms with Crippen molar-refractivity contribution in [2.75, 3.05) is 44.7 Å². The molecule has 1 saturated heterocycles. The Morgan fingerprint density at radius 2 is 1.87 bits per heavy atom. The second-order valence-electron chi connectivity index (χ2n) is 5.25. The van der Waals surface area contributed by atoms with Crippen molar-refractivity contribution in [3.8, 4) is 0 Å². The number of halogens is 1. The van der Waals surface area contributed by atoms with E-state index in [9.17, 15) is 14.0 Å². The SMILES string of the molecule is CCN1CCN(c2ccc(C(=O)NNC(=O)NC)cc2F)CC1. The molecule has 0 aliphatic carbocycles. The quantitative estimate of drug-likeness (QED) is 0.710. The number of hydrogen-bond donors (Lipinski definition) is 3. The van der Waals surface area contributed by atoms with Crippen LogP contribution in [0.4, 0.5) is 14.9 Å². The van der Waals surface area contributed by atoms with Crippen LogP contribution in [0.3, 0.4) is 0 Å². The van der Waals surface area contributed by atoms with E-state index in [1.54, 1.807) is 12.1 Å². The van der Waals surface area contributed by atoms with Gasteiger partial charge in [0, 0.05) is 38.8 Å². The van der Waals surface area contributed by atoms with Crippen molar-refractivity contribution in [2.45, 2.75) is 6.92 Å². The van der Waals surface area contributed by atoms with Crippen LogP contribution < -0.4 is 21.1 Å². The van der Waals surface area contributed by atoms with Gasteiger partial charge in [-0.1, -0.05) is 6.92 Å². The van der Waals surface area contributed by atoms with Crippen molar-refractivity contribution in [2.24, 2.45) is 0 Å². The minimum absolute atomic E-state index is 0.148. The van der Waals surface area contributed by atoms with Crippen molar-refractivity contribution >= 4 is 17.6 Å². The van der Waals surface area contributed by atoms with Gasteiger partial charge in [-0.3, -0.25) is 10.2 Å². The van der Waals surface area contributed by atoms with Crippen molar-refractivity contribution in [3.05, 3.63) is 29.6 Å². The van der Waals surface area contributed by atoms with Crippen LogP contribution in [-0.4, -0.2) is 56.6 Å². The third-order valence-corrected chi connectivity index (χ3v) is 3.89. The van der Waals surface area contributed by atoms with Crippen LogP contribution in [0.5, 0.6) is 0 Å². The number of urea groups is 1. The molecular formula is C15H22FN5O2. The summed E-state index contributed by atoms with van der Waals surface area (Å²) in [5.41, 5.74) is 5.00. The minimum Gasteiger partial charge on any atom is -0.367 e. The fourth-order valence-corrected chi connectivity index (χ4v) is 2.46. The number of hydrogen-bond acceptors (Lipinski definition) is 4. The summed E-state index contributed by atoms with van der Waals surface area (Å²) in [7, 11) is 1.42. The summed E-state index contributed by atoms with van der Waals surface area (Å²) in [5, 5.41) is 2.29. The average molecular weight is 323 g/mol. The molecule has 1 aliphatic heterocycles. The highest BCUT2D eigenvalue weighted by molar-refractivity contribution is 5.95. The molecule has 8 heteroatoms. The number of piperazine rings is 1. The zero-order valence-corrected chi connectivity index (χ0v) is 13.4. The molecule has 0 unspecified atom stereocenters. The van der Waals surface area contributed by atoms with Crippen LogP contribution in [0.15, 0.2) is 18.2 Å². The van der Waals surface area contributed by atoms with Crippen LogP contribution in [-0.2, 0) is 0 Å². The number of carbonyl (C=O) groups is 2. The van der Waals surface area contributed by atoms with Crippen LogP contribution in [0.25, 0.3) is 0 Å². The number of likely N-dealkylation sites (N-methyl/N-ethyl adjacent to an activating group) is 1. The molecule has 2 rings (SSSR count). The van der Waals surface area contributed by atoms with Crippen molar-refractivity contribution in [1.82, 2.24) is 21.1 Å². The predicted molar refractivity (Wildman–Crippen MR) is 85.8 cm³/mol. The third-order valence-electron chi connectivity index (χ3n) is 3.89. The number of hydrazine groups is 1. The molecule has 0 saturated carbocycles. The molecule has 3 amide bonds. The second-order valence-corrected chi connectivity index (χ2v) is 5.25. The Hall–Kier alpha value is -2.35. The minimum atomic E-state index is -0.574. The van der Waals surface area contributed by atoms with Gasteiger partial charge in [0.15, 0.2) is 0 Å². The summed E-state index contributed by atoms with van der Waals surface area (Å²) in [6, 6.07) is 3.78. The molecule has 0 atom stereocenters. The molecule has 7 nitrogen and oxygen atoms in total. The molecular weight excluding hydrogens is 301 g/mol. The monoisotopic (exact) mass is 323 g/mol. The Labute approximate surface area is 134 Å². The Bertz CT molecular complexity index is 573. The molecule has 1 aromatic carbocycles. The Morgan fingerprint density at radius 3 is 2.43 bits per heavy atom. The standard InChI is InChI=1S/C15H22FN5O2/c1-3-20-6-8-21(9-7-20)13-5-4-11(10-12(13)16)14(22)18-19-15(23)17-2/h4-5,10H,3,6-9H2,1-2H3,(H,18,22)(H2,17,19,23). The van der Waals surface area contributed by atoms with E-state index >= 15 is 0 Å². The number of carbonyl (C=O) groups excluding carboxylic acids is 2. The molecule has 1 aliphatic rings. The van der Waals surface area contributed by atoms with Crippen LogP contribution in [0.1, 0.15) is 17.3 Å². The maximum atomic E-state index is 14.3. The number of nitrogens with one attached hydrogen (secondary N) is 3. The largest absolute Gasteiger partial charge is 0.367 e. The third kappa shape index (κ3) is 4.32. The van der Waals surface area contributed by atoms with E-state index < -0.39 is 17.8 Å². The van der Waals surface area contributed by atoms with Gasteiger partial charge in [0.25, 0.3) is 5.91 Å². The van der Waals surface area contributed by atoms with Gasteiger partial charge in [-0.25, -0.2) is 14.6 Å². The van der Waals surface area contributed by atoms with Crippen LogP contribution >= 0.6 is 0 Å². The smallest absolute Gasteiger partial charge is 0.333 e. The van der Waals surface area contributed by atoms with E-state index in [1.165, 1.54) is 13.1 Å². The van der Waals surface area contributed by atoms with Gasteiger partial charge in [-0.15, -0.1) is 0 Å². The number of amides is 3. The second kappa shape index (κ2) is 7.77. The number of benzene rings is 1. The zero-order valence-electron chi connectivity index (χ0n) is 13.4. The normalized spacial score (nSPS) is 15.2. The summed E-state index contributed by atoms with van der Waals surface area (Å²) >= 11 is 0. The van der Waals surface area contributed by atoms with E-state index in [-0.39, 0.29) is 5.56 Å². The molecule has 0 aromatic heterocycles. The Morgan fingerprint density at radius 1 is 1.17 bits per heavy atom. The number of nitrogens with zero attached hydrogens (tertiary/aromatic N) is 2. The predicted octanol–water partition coefficient (Wildman–Crippen LogP) is 0.541. The molecule has 23 heavy (non-hydrogen) atoms. The first-order valence-electron chi connectivity index (χ1n) is 7.60. The summed E-state index contributed by atoms with van der Waals surface area (Å²) < 4.78 is 14.3. The van der Waals surface area contributed by atoms with Crippen molar-refractivity contribution in [3.63, 3.8) is 0 Å². The van der Waals surface area contributed by atoms with Crippen LogP contribution in [0, 0.1) is 5.82 Å². The maximum Gasteiger partial charge on any atom is 0.333 e. The summed E-state index contributed by atoms with van der Waals surface area (Å²) in [6.07, 6.45) is 0. The average Bonchev–Trinajstić information content (AvgIpc) is 2.59. The van der Waals surface area contributed by atoms with Gasteiger partial charge in [0.05, 0.1) is 5.69 Å². The lowest BCUT2D eigenvalue weighted by atomic mass is 10.1. The van der Waals surface area contributed by atoms with E-state index in [0.717, 1.165) is 32.7 Å². The van der Waals surface area contributed by atoms with Gasteiger partial charge in [0.1, 0.15) is 5.82 Å².